The van der Waals surface area contributed by atoms with Crippen molar-refractivity contribution in [1.29, 1.82) is 0 Å². The Hall–Kier alpha value is -1.60. The van der Waals surface area contributed by atoms with Crippen LogP contribution in [0.15, 0.2) is 18.2 Å². The van der Waals surface area contributed by atoms with Crippen molar-refractivity contribution in [3.63, 3.8) is 0 Å². The summed E-state index contributed by atoms with van der Waals surface area (Å²) in [6.07, 6.45) is -4.60. The van der Waals surface area contributed by atoms with E-state index in [1.54, 1.807) is 0 Å². The van der Waals surface area contributed by atoms with Crippen LogP contribution in [0.4, 0.5) is 13.2 Å². The molecule has 1 amide bonds. The number of alkyl halides is 3. The standard InChI is InChI=1S/C14H18F3NO3/c1-9-4-5-10(11(6-9)14(15,16)17)12(19)18-8-21-7-13(2,3)20/h4-6,20H,7-8H2,1-3H3,(H,18,19). The third-order valence-electron chi connectivity index (χ3n) is 2.52. The van der Waals surface area contributed by atoms with Crippen LogP contribution < -0.4 is 5.32 Å². The van der Waals surface area contributed by atoms with Crippen molar-refractivity contribution in [2.24, 2.45) is 0 Å². The topological polar surface area (TPSA) is 58.6 Å². The Morgan fingerprint density at radius 2 is 1.95 bits per heavy atom. The molecule has 0 atom stereocenters. The Labute approximate surface area is 120 Å². The summed E-state index contributed by atoms with van der Waals surface area (Å²) in [5.74, 6) is -0.877. The Kier molecular flexibility index (Phi) is 5.36. The van der Waals surface area contributed by atoms with E-state index in [4.69, 9.17) is 4.74 Å². The summed E-state index contributed by atoms with van der Waals surface area (Å²) in [6.45, 7) is 4.21. The monoisotopic (exact) mass is 305 g/mol. The highest BCUT2D eigenvalue weighted by molar-refractivity contribution is 5.95. The number of aryl methyl sites for hydroxylation is 1. The Morgan fingerprint density at radius 1 is 1.33 bits per heavy atom. The van der Waals surface area contributed by atoms with Crippen LogP contribution in [0.25, 0.3) is 0 Å². The highest BCUT2D eigenvalue weighted by atomic mass is 19.4. The lowest BCUT2D eigenvalue weighted by molar-refractivity contribution is -0.138. The fraction of sp³-hybridized carbons (Fsp3) is 0.500. The number of carbonyl (C=O) groups is 1. The quantitative estimate of drug-likeness (QED) is 0.649. The maximum atomic E-state index is 12.9. The van der Waals surface area contributed by atoms with Gasteiger partial charge in [0.05, 0.1) is 23.3 Å². The number of halogens is 3. The largest absolute Gasteiger partial charge is 0.417 e. The second kappa shape index (κ2) is 6.44. The molecule has 0 unspecified atom stereocenters. The molecule has 0 heterocycles. The second-order valence-electron chi connectivity index (χ2n) is 5.36. The molecule has 0 spiro atoms. The number of amides is 1. The van der Waals surface area contributed by atoms with Gasteiger partial charge in [-0.2, -0.15) is 13.2 Å². The summed E-state index contributed by atoms with van der Waals surface area (Å²) in [5, 5.41) is 11.6. The minimum Gasteiger partial charge on any atom is -0.388 e. The minimum atomic E-state index is -4.60. The van der Waals surface area contributed by atoms with Gasteiger partial charge < -0.3 is 15.2 Å². The summed E-state index contributed by atoms with van der Waals surface area (Å²) in [7, 11) is 0. The molecule has 0 aliphatic rings. The van der Waals surface area contributed by atoms with Crippen LogP contribution in [0, 0.1) is 6.92 Å². The average Bonchev–Trinajstić information content (AvgIpc) is 2.32. The highest BCUT2D eigenvalue weighted by Gasteiger charge is 2.35. The summed E-state index contributed by atoms with van der Waals surface area (Å²) < 4.78 is 43.6. The number of ether oxygens (including phenoxy) is 1. The molecular formula is C14H18F3NO3. The number of rotatable bonds is 5. The van der Waals surface area contributed by atoms with Crippen LogP contribution in [0.2, 0.25) is 0 Å². The van der Waals surface area contributed by atoms with E-state index in [1.807, 2.05) is 0 Å². The van der Waals surface area contributed by atoms with E-state index in [0.29, 0.717) is 5.56 Å². The molecule has 0 aliphatic heterocycles. The molecule has 1 aromatic carbocycles. The van der Waals surface area contributed by atoms with E-state index in [0.717, 1.165) is 12.1 Å². The summed E-state index contributed by atoms with van der Waals surface area (Å²) in [6, 6.07) is 3.48. The van der Waals surface area contributed by atoms with Crippen molar-refractivity contribution in [3.8, 4) is 0 Å². The number of benzene rings is 1. The predicted molar refractivity (Wildman–Crippen MR) is 70.8 cm³/mol. The molecule has 0 aromatic heterocycles. The first-order valence-corrected chi connectivity index (χ1v) is 6.27. The first kappa shape index (κ1) is 17.5. The molecule has 0 saturated carbocycles. The fourth-order valence-corrected chi connectivity index (χ4v) is 1.60. The first-order valence-electron chi connectivity index (χ1n) is 6.27. The fourth-order valence-electron chi connectivity index (χ4n) is 1.60. The minimum absolute atomic E-state index is 0.0483. The molecule has 4 nitrogen and oxygen atoms in total. The van der Waals surface area contributed by atoms with Gasteiger partial charge in [-0.1, -0.05) is 11.6 Å². The van der Waals surface area contributed by atoms with Gasteiger partial charge in [-0.3, -0.25) is 4.79 Å². The summed E-state index contributed by atoms with van der Waals surface area (Å²) >= 11 is 0. The van der Waals surface area contributed by atoms with Crippen molar-refractivity contribution >= 4 is 5.91 Å². The Balaban J connectivity index is 2.75. The molecule has 0 aliphatic carbocycles. The van der Waals surface area contributed by atoms with Crippen molar-refractivity contribution in [2.75, 3.05) is 13.3 Å². The average molecular weight is 305 g/mol. The van der Waals surface area contributed by atoms with Gasteiger partial charge in [-0.05, 0) is 32.9 Å². The molecule has 2 N–H and O–H groups in total. The molecule has 1 aromatic rings. The number of aliphatic hydroxyl groups is 1. The number of carbonyl (C=O) groups excluding carboxylic acids is 1. The third-order valence-corrected chi connectivity index (χ3v) is 2.52. The van der Waals surface area contributed by atoms with Gasteiger partial charge in [0, 0.05) is 0 Å². The van der Waals surface area contributed by atoms with Crippen molar-refractivity contribution in [3.05, 3.63) is 34.9 Å². The lowest BCUT2D eigenvalue weighted by atomic mass is 10.0. The maximum absolute atomic E-state index is 12.9. The van der Waals surface area contributed by atoms with Crippen molar-refractivity contribution in [1.82, 2.24) is 5.32 Å². The van der Waals surface area contributed by atoms with Crippen LogP contribution in [0.5, 0.6) is 0 Å². The molecular weight excluding hydrogens is 287 g/mol. The lowest BCUT2D eigenvalue weighted by Crippen LogP contribution is -2.33. The number of hydrogen-bond acceptors (Lipinski definition) is 3. The van der Waals surface area contributed by atoms with E-state index in [1.165, 1.54) is 26.8 Å². The normalized spacial score (nSPS) is 12.3. The van der Waals surface area contributed by atoms with E-state index in [9.17, 15) is 23.1 Å². The number of nitrogens with one attached hydrogen (secondary N) is 1. The van der Waals surface area contributed by atoms with Crippen LogP contribution in [0.3, 0.4) is 0 Å². The molecule has 1 rings (SSSR count). The Bertz CT molecular complexity index is 507. The first-order chi connectivity index (χ1) is 9.50. The molecule has 0 saturated heterocycles. The zero-order chi connectivity index (χ0) is 16.3. The van der Waals surface area contributed by atoms with Crippen LogP contribution >= 0.6 is 0 Å². The van der Waals surface area contributed by atoms with Crippen molar-refractivity contribution in [2.45, 2.75) is 32.5 Å². The maximum Gasteiger partial charge on any atom is 0.417 e. The van der Waals surface area contributed by atoms with Gasteiger partial charge >= 0.3 is 6.18 Å². The van der Waals surface area contributed by atoms with Gasteiger partial charge in [0.2, 0.25) is 0 Å². The smallest absolute Gasteiger partial charge is 0.388 e. The van der Waals surface area contributed by atoms with E-state index in [-0.39, 0.29) is 13.3 Å². The Morgan fingerprint density at radius 3 is 2.48 bits per heavy atom. The van der Waals surface area contributed by atoms with Gasteiger partial charge in [0.15, 0.2) is 0 Å². The molecule has 7 heteroatoms. The van der Waals surface area contributed by atoms with Crippen LogP contribution in [-0.2, 0) is 10.9 Å². The van der Waals surface area contributed by atoms with Crippen molar-refractivity contribution < 1.29 is 27.8 Å². The molecule has 0 bridgehead atoms. The van der Waals surface area contributed by atoms with Gasteiger partial charge in [0.1, 0.15) is 6.73 Å². The zero-order valence-electron chi connectivity index (χ0n) is 12.0. The van der Waals surface area contributed by atoms with Gasteiger partial charge in [0.25, 0.3) is 5.91 Å². The van der Waals surface area contributed by atoms with E-state index < -0.39 is 28.8 Å². The molecule has 21 heavy (non-hydrogen) atoms. The van der Waals surface area contributed by atoms with Gasteiger partial charge in [-0.25, -0.2) is 0 Å². The molecule has 118 valence electrons. The second-order valence-corrected chi connectivity index (χ2v) is 5.36. The zero-order valence-corrected chi connectivity index (χ0v) is 12.0. The summed E-state index contributed by atoms with van der Waals surface area (Å²) in [4.78, 5) is 11.8. The lowest BCUT2D eigenvalue weighted by Gasteiger charge is -2.18. The SMILES string of the molecule is Cc1ccc(C(=O)NCOCC(C)(C)O)c(C(F)(F)F)c1. The molecule has 0 radical (unpaired) electrons. The van der Waals surface area contributed by atoms with Gasteiger partial charge in [-0.15, -0.1) is 0 Å². The van der Waals surface area contributed by atoms with Crippen LogP contribution in [0.1, 0.15) is 35.3 Å². The summed E-state index contributed by atoms with van der Waals surface area (Å²) in [5.41, 5.74) is -2.11. The van der Waals surface area contributed by atoms with E-state index in [2.05, 4.69) is 5.32 Å². The predicted octanol–water partition coefficient (Wildman–Crippen LogP) is 2.49. The highest BCUT2D eigenvalue weighted by Crippen LogP contribution is 2.32. The van der Waals surface area contributed by atoms with E-state index >= 15 is 0 Å². The third kappa shape index (κ3) is 5.73. The molecule has 0 fully saturated rings. The number of hydrogen-bond donors (Lipinski definition) is 2. The van der Waals surface area contributed by atoms with Crippen LogP contribution in [-0.4, -0.2) is 30.0 Å².